The number of ether oxygens (including phenoxy) is 1. The fourth-order valence-electron chi connectivity index (χ4n) is 2.64. The van der Waals surface area contributed by atoms with Gasteiger partial charge in [0.1, 0.15) is 12.4 Å². The average molecular weight is 352 g/mol. The maximum atomic E-state index is 12.0. The van der Waals surface area contributed by atoms with Crippen LogP contribution in [-0.4, -0.2) is 57.0 Å². The summed E-state index contributed by atoms with van der Waals surface area (Å²) in [4.78, 5) is 13.9. The van der Waals surface area contributed by atoms with Gasteiger partial charge < -0.3 is 10.1 Å². The molecule has 0 radical (unpaired) electrons. The Hall–Kier alpha value is -1.86. The van der Waals surface area contributed by atoms with E-state index in [-0.39, 0.29) is 30.0 Å². The molecule has 1 amide bonds. The van der Waals surface area contributed by atoms with Crippen LogP contribution in [0.4, 0.5) is 0 Å². The van der Waals surface area contributed by atoms with Crippen molar-refractivity contribution in [3.63, 3.8) is 0 Å². The molecule has 0 saturated carbocycles. The fourth-order valence-corrected chi connectivity index (χ4v) is 4.31. The van der Waals surface area contributed by atoms with Gasteiger partial charge in [-0.15, -0.1) is 0 Å². The Labute approximate surface area is 143 Å². The van der Waals surface area contributed by atoms with Crippen molar-refractivity contribution in [3.05, 3.63) is 42.5 Å². The van der Waals surface area contributed by atoms with Crippen LogP contribution in [0.2, 0.25) is 0 Å². The van der Waals surface area contributed by atoms with Crippen molar-refractivity contribution in [2.75, 3.05) is 31.7 Å². The van der Waals surface area contributed by atoms with E-state index in [0.29, 0.717) is 19.6 Å². The fraction of sp³-hybridized carbons (Fsp3) is 0.471. The molecular weight excluding hydrogens is 328 g/mol. The van der Waals surface area contributed by atoms with Gasteiger partial charge in [0, 0.05) is 12.6 Å². The molecule has 1 aromatic rings. The molecule has 1 N–H and O–H groups in total. The molecule has 0 aromatic heterocycles. The summed E-state index contributed by atoms with van der Waals surface area (Å²) in [5, 5.41) is 2.79. The van der Waals surface area contributed by atoms with E-state index in [9.17, 15) is 13.2 Å². The minimum Gasteiger partial charge on any atom is -0.490 e. The van der Waals surface area contributed by atoms with E-state index in [1.54, 1.807) is 6.08 Å². The third-order valence-corrected chi connectivity index (χ3v) is 5.52. The topological polar surface area (TPSA) is 75.7 Å². The Morgan fingerprint density at radius 2 is 2.12 bits per heavy atom. The van der Waals surface area contributed by atoms with E-state index in [1.165, 1.54) is 0 Å². The molecule has 1 fully saturated rings. The van der Waals surface area contributed by atoms with Crippen LogP contribution in [0.3, 0.4) is 0 Å². The molecule has 132 valence electrons. The van der Waals surface area contributed by atoms with E-state index < -0.39 is 9.84 Å². The molecule has 1 aliphatic rings. The van der Waals surface area contributed by atoms with Crippen LogP contribution in [0, 0.1) is 0 Å². The maximum absolute atomic E-state index is 12.0. The molecule has 7 heteroatoms. The Kier molecular flexibility index (Phi) is 6.39. The zero-order valence-corrected chi connectivity index (χ0v) is 14.7. The van der Waals surface area contributed by atoms with Gasteiger partial charge in [0.05, 0.1) is 18.1 Å². The summed E-state index contributed by atoms with van der Waals surface area (Å²) in [5.74, 6) is 0.843. The van der Waals surface area contributed by atoms with Gasteiger partial charge >= 0.3 is 0 Å². The predicted molar refractivity (Wildman–Crippen MR) is 93.7 cm³/mol. The highest BCUT2D eigenvalue weighted by molar-refractivity contribution is 7.91. The average Bonchev–Trinajstić information content (AvgIpc) is 2.85. The Morgan fingerprint density at radius 1 is 1.42 bits per heavy atom. The first-order valence-corrected chi connectivity index (χ1v) is 9.71. The predicted octanol–water partition coefficient (Wildman–Crippen LogP) is 0.987. The summed E-state index contributed by atoms with van der Waals surface area (Å²) in [5.41, 5.74) is 1.07. The minimum absolute atomic E-state index is 0.0502. The lowest BCUT2D eigenvalue weighted by Gasteiger charge is -2.18. The number of rotatable bonds is 8. The van der Waals surface area contributed by atoms with Gasteiger partial charge in [-0.2, -0.15) is 0 Å². The number of hydrogen-bond donors (Lipinski definition) is 1. The molecule has 1 saturated heterocycles. The number of amides is 1. The Bertz CT molecular complexity index is 670. The van der Waals surface area contributed by atoms with Crippen molar-refractivity contribution in [2.24, 2.45) is 0 Å². The first-order valence-electron chi connectivity index (χ1n) is 7.89. The van der Waals surface area contributed by atoms with Crippen molar-refractivity contribution < 1.29 is 17.9 Å². The van der Waals surface area contributed by atoms with Crippen molar-refractivity contribution in [2.45, 2.75) is 19.0 Å². The highest BCUT2D eigenvalue weighted by Gasteiger charge is 2.28. The molecule has 0 bridgehead atoms. The SMILES string of the molecule is C=CCOc1ccc(CN(C)CC(=O)N[C@@H]2CCS(=O)(=O)C2)cc1. The third-order valence-electron chi connectivity index (χ3n) is 3.75. The number of sulfone groups is 1. The largest absolute Gasteiger partial charge is 0.490 e. The molecule has 1 heterocycles. The molecule has 2 rings (SSSR count). The minimum atomic E-state index is -2.98. The number of carbonyl (C=O) groups excluding carboxylic acids is 1. The zero-order valence-electron chi connectivity index (χ0n) is 13.9. The normalized spacial score (nSPS) is 19.2. The number of nitrogens with one attached hydrogen (secondary N) is 1. The summed E-state index contributed by atoms with van der Waals surface area (Å²) < 4.78 is 28.2. The van der Waals surface area contributed by atoms with Crippen molar-refractivity contribution >= 4 is 15.7 Å². The summed E-state index contributed by atoms with van der Waals surface area (Å²) in [7, 11) is -1.12. The lowest BCUT2D eigenvalue weighted by Crippen LogP contribution is -2.41. The van der Waals surface area contributed by atoms with Crippen molar-refractivity contribution in [3.8, 4) is 5.75 Å². The molecule has 1 aliphatic heterocycles. The number of likely N-dealkylation sites (N-methyl/N-ethyl adjacent to an activating group) is 1. The van der Waals surface area contributed by atoms with Crippen LogP contribution in [0.5, 0.6) is 5.75 Å². The first kappa shape index (κ1) is 18.5. The van der Waals surface area contributed by atoms with Crippen LogP contribution < -0.4 is 10.1 Å². The number of nitrogens with zero attached hydrogens (tertiary/aromatic N) is 1. The summed E-state index contributed by atoms with van der Waals surface area (Å²) in [6, 6.07) is 7.43. The quantitative estimate of drug-likeness (QED) is 0.706. The van der Waals surface area contributed by atoms with Crippen molar-refractivity contribution in [1.29, 1.82) is 0 Å². The highest BCUT2D eigenvalue weighted by Crippen LogP contribution is 2.14. The molecule has 0 unspecified atom stereocenters. The summed E-state index contributed by atoms with van der Waals surface area (Å²) >= 11 is 0. The van der Waals surface area contributed by atoms with Gasteiger partial charge in [0.25, 0.3) is 0 Å². The monoisotopic (exact) mass is 352 g/mol. The third kappa shape index (κ3) is 5.98. The van der Waals surface area contributed by atoms with E-state index in [2.05, 4.69) is 11.9 Å². The van der Waals surface area contributed by atoms with Crippen LogP contribution in [-0.2, 0) is 21.2 Å². The first-order chi connectivity index (χ1) is 11.4. The van der Waals surface area contributed by atoms with Crippen LogP contribution in [0.1, 0.15) is 12.0 Å². The van der Waals surface area contributed by atoms with Crippen LogP contribution in [0.15, 0.2) is 36.9 Å². The lowest BCUT2D eigenvalue weighted by molar-refractivity contribution is -0.122. The standard InChI is InChI=1S/C17H24N2O4S/c1-3-9-23-16-6-4-14(5-7-16)11-19(2)12-17(20)18-15-8-10-24(21,22)13-15/h3-7,15H,1,8-13H2,2H3,(H,18,20)/t15-/m1/s1. The number of hydrogen-bond acceptors (Lipinski definition) is 5. The second kappa shape index (κ2) is 8.30. The van der Waals surface area contributed by atoms with Gasteiger partial charge in [-0.3, -0.25) is 9.69 Å². The second-order valence-corrected chi connectivity index (χ2v) is 8.31. The second-order valence-electron chi connectivity index (χ2n) is 6.08. The number of carbonyl (C=O) groups is 1. The molecule has 1 aromatic carbocycles. The van der Waals surface area contributed by atoms with E-state index in [1.807, 2.05) is 36.2 Å². The van der Waals surface area contributed by atoms with Gasteiger partial charge in [-0.25, -0.2) is 8.42 Å². The van der Waals surface area contributed by atoms with Crippen LogP contribution >= 0.6 is 0 Å². The van der Waals surface area contributed by atoms with Gasteiger partial charge in [-0.05, 0) is 31.2 Å². The van der Waals surface area contributed by atoms with Crippen molar-refractivity contribution in [1.82, 2.24) is 10.2 Å². The summed E-state index contributed by atoms with van der Waals surface area (Å²) in [6.07, 6.45) is 2.19. The number of benzene rings is 1. The molecule has 6 nitrogen and oxygen atoms in total. The van der Waals surface area contributed by atoms with Gasteiger partial charge in [0.2, 0.25) is 5.91 Å². The van der Waals surface area contributed by atoms with E-state index in [4.69, 9.17) is 4.74 Å². The van der Waals surface area contributed by atoms with Gasteiger partial charge in [-0.1, -0.05) is 24.8 Å². The Balaban J connectivity index is 1.76. The molecule has 24 heavy (non-hydrogen) atoms. The molecule has 0 aliphatic carbocycles. The summed E-state index contributed by atoms with van der Waals surface area (Å²) in [6.45, 7) is 4.92. The van der Waals surface area contributed by atoms with E-state index >= 15 is 0 Å². The maximum Gasteiger partial charge on any atom is 0.234 e. The molecular formula is C17H24N2O4S. The van der Waals surface area contributed by atoms with Crippen LogP contribution in [0.25, 0.3) is 0 Å². The molecule has 1 atom stereocenters. The highest BCUT2D eigenvalue weighted by atomic mass is 32.2. The smallest absolute Gasteiger partial charge is 0.234 e. The lowest BCUT2D eigenvalue weighted by atomic mass is 10.2. The Morgan fingerprint density at radius 3 is 2.71 bits per heavy atom. The van der Waals surface area contributed by atoms with Gasteiger partial charge in [0.15, 0.2) is 9.84 Å². The molecule has 0 spiro atoms. The zero-order chi connectivity index (χ0) is 17.6. The van der Waals surface area contributed by atoms with E-state index in [0.717, 1.165) is 11.3 Å².